The fraction of sp³-hybridized carbons (Fsp3) is 0.562. The van der Waals surface area contributed by atoms with Gasteiger partial charge in [0.25, 0.3) is 0 Å². The molecule has 0 aliphatic carbocycles. The van der Waals surface area contributed by atoms with Crippen molar-refractivity contribution in [1.29, 1.82) is 0 Å². The van der Waals surface area contributed by atoms with Crippen molar-refractivity contribution in [2.75, 3.05) is 25.9 Å². The first-order valence-corrected chi connectivity index (χ1v) is 9.87. The summed E-state index contributed by atoms with van der Waals surface area (Å²) in [6.45, 7) is 5.03. The Labute approximate surface area is 144 Å². The molecule has 23 heavy (non-hydrogen) atoms. The van der Waals surface area contributed by atoms with Gasteiger partial charge in [0.05, 0.1) is 6.26 Å². The number of amides is 1. The average Bonchev–Trinajstić information content (AvgIpc) is 2.42. The van der Waals surface area contributed by atoms with Crippen molar-refractivity contribution in [3.05, 3.63) is 34.9 Å². The summed E-state index contributed by atoms with van der Waals surface area (Å²) in [6.07, 6.45) is 2.02. The number of hydrogen-bond acceptors (Lipinski definition) is 3. The Morgan fingerprint density at radius 1 is 1.35 bits per heavy atom. The Morgan fingerprint density at radius 2 is 2.04 bits per heavy atom. The lowest BCUT2D eigenvalue weighted by atomic mass is 10.1. The molecule has 130 valence electrons. The van der Waals surface area contributed by atoms with Crippen LogP contribution in [0.3, 0.4) is 0 Å². The molecule has 1 N–H and O–H groups in total. The van der Waals surface area contributed by atoms with Gasteiger partial charge in [-0.25, -0.2) is 12.7 Å². The van der Waals surface area contributed by atoms with Crippen LogP contribution < -0.4 is 5.32 Å². The lowest BCUT2D eigenvalue weighted by molar-refractivity contribution is -0.121. The number of nitrogens with one attached hydrogen (secondary N) is 1. The van der Waals surface area contributed by atoms with E-state index >= 15 is 0 Å². The average molecular weight is 361 g/mol. The molecule has 0 spiro atoms. The molecule has 7 heteroatoms. The number of nitrogens with zero attached hydrogens (tertiary/aromatic N) is 1. The fourth-order valence-corrected chi connectivity index (χ4v) is 3.36. The second-order valence-corrected chi connectivity index (χ2v) is 8.41. The van der Waals surface area contributed by atoms with Gasteiger partial charge in [0, 0.05) is 31.1 Å². The molecule has 1 amide bonds. The van der Waals surface area contributed by atoms with Crippen LogP contribution in [0.5, 0.6) is 0 Å². The molecule has 0 aliphatic heterocycles. The number of carbonyl (C=O) groups excluding carboxylic acids is 1. The number of hydrogen-bond donors (Lipinski definition) is 1. The summed E-state index contributed by atoms with van der Waals surface area (Å²) in [5, 5.41) is 3.48. The Morgan fingerprint density at radius 3 is 2.61 bits per heavy atom. The molecule has 5 nitrogen and oxygen atoms in total. The monoisotopic (exact) mass is 360 g/mol. The highest BCUT2D eigenvalue weighted by molar-refractivity contribution is 7.88. The third-order valence-electron chi connectivity index (χ3n) is 3.25. The summed E-state index contributed by atoms with van der Waals surface area (Å²) in [5.74, 6) is 0.0695. The molecule has 0 heterocycles. The number of halogens is 1. The zero-order valence-electron chi connectivity index (χ0n) is 13.9. The zero-order valence-corrected chi connectivity index (χ0v) is 15.5. The van der Waals surface area contributed by atoms with E-state index in [1.807, 2.05) is 32.0 Å². The third kappa shape index (κ3) is 8.34. The summed E-state index contributed by atoms with van der Waals surface area (Å²) >= 11 is 5.91. The highest BCUT2D eigenvalue weighted by Gasteiger charge is 2.18. The van der Waals surface area contributed by atoms with Crippen molar-refractivity contribution in [3.63, 3.8) is 0 Å². The lowest BCUT2D eigenvalue weighted by Gasteiger charge is -2.21. The molecule has 0 fully saturated rings. The summed E-state index contributed by atoms with van der Waals surface area (Å²) in [5.41, 5.74) is 1.05. The smallest absolute Gasteiger partial charge is 0.221 e. The van der Waals surface area contributed by atoms with Gasteiger partial charge in [-0.15, -0.1) is 0 Å². The van der Waals surface area contributed by atoms with E-state index in [2.05, 4.69) is 5.32 Å². The van der Waals surface area contributed by atoms with Gasteiger partial charge in [0.2, 0.25) is 15.9 Å². The van der Waals surface area contributed by atoms with Crippen LogP contribution in [0.15, 0.2) is 24.3 Å². The highest BCUT2D eigenvalue weighted by Crippen LogP contribution is 2.10. The maximum atomic E-state index is 11.9. The second-order valence-electron chi connectivity index (χ2n) is 5.99. The van der Waals surface area contributed by atoms with Crippen molar-refractivity contribution in [2.45, 2.75) is 26.7 Å². The SMILES string of the molecule is CC(C)CN(CCC(=O)NCCc1cccc(Cl)c1)S(C)(=O)=O. The van der Waals surface area contributed by atoms with Crippen LogP contribution in [-0.4, -0.2) is 44.5 Å². The number of carbonyl (C=O) groups is 1. The minimum Gasteiger partial charge on any atom is -0.356 e. The first-order chi connectivity index (χ1) is 10.7. The molecular weight excluding hydrogens is 336 g/mol. The Balaban J connectivity index is 2.38. The van der Waals surface area contributed by atoms with Gasteiger partial charge in [-0.3, -0.25) is 4.79 Å². The largest absolute Gasteiger partial charge is 0.356 e. The van der Waals surface area contributed by atoms with Crippen LogP contribution >= 0.6 is 11.6 Å². The van der Waals surface area contributed by atoms with Crippen molar-refractivity contribution in [1.82, 2.24) is 9.62 Å². The van der Waals surface area contributed by atoms with E-state index in [-0.39, 0.29) is 24.8 Å². The third-order valence-corrected chi connectivity index (χ3v) is 4.76. The molecule has 0 aliphatic rings. The van der Waals surface area contributed by atoms with Gasteiger partial charge in [-0.05, 0) is 30.0 Å². The molecule has 0 atom stereocenters. The lowest BCUT2D eigenvalue weighted by Crippen LogP contribution is -2.37. The number of benzene rings is 1. The summed E-state index contributed by atoms with van der Waals surface area (Å²) < 4.78 is 24.7. The first kappa shape index (κ1) is 19.9. The van der Waals surface area contributed by atoms with E-state index in [0.717, 1.165) is 5.56 Å². The predicted octanol–water partition coefficient (Wildman–Crippen LogP) is 2.31. The molecule has 0 saturated heterocycles. The molecule has 0 aromatic heterocycles. The fourth-order valence-electron chi connectivity index (χ4n) is 2.15. The van der Waals surface area contributed by atoms with Crippen LogP contribution in [0.25, 0.3) is 0 Å². The number of rotatable bonds is 9. The van der Waals surface area contributed by atoms with Crippen molar-refractivity contribution < 1.29 is 13.2 Å². The van der Waals surface area contributed by atoms with Crippen molar-refractivity contribution in [3.8, 4) is 0 Å². The maximum absolute atomic E-state index is 11.9. The molecule has 0 radical (unpaired) electrons. The van der Waals surface area contributed by atoms with Crippen molar-refractivity contribution in [2.24, 2.45) is 5.92 Å². The van der Waals surface area contributed by atoms with Gasteiger partial charge >= 0.3 is 0 Å². The van der Waals surface area contributed by atoms with Crippen LogP contribution in [0.4, 0.5) is 0 Å². The maximum Gasteiger partial charge on any atom is 0.221 e. The normalized spacial score (nSPS) is 11.9. The van der Waals surface area contributed by atoms with Gasteiger partial charge in [-0.1, -0.05) is 37.6 Å². The molecule has 0 bridgehead atoms. The van der Waals surface area contributed by atoms with E-state index in [1.54, 1.807) is 6.07 Å². The Hall–Kier alpha value is -1.11. The van der Waals surface area contributed by atoms with Crippen LogP contribution in [0.1, 0.15) is 25.8 Å². The Kier molecular flexibility index (Phi) is 8.02. The van der Waals surface area contributed by atoms with Crippen LogP contribution in [0, 0.1) is 5.92 Å². The van der Waals surface area contributed by atoms with E-state index in [9.17, 15) is 13.2 Å². The van der Waals surface area contributed by atoms with E-state index < -0.39 is 10.0 Å². The molecular formula is C16H25ClN2O3S. The topological polar surface area (TPSA) is 66.5 Å². The second kappa shape index (κ2) is 9.25. The number of sulfonamides is 1. The van der Waals surface area contributed by atoms with Gasteiger partial charge < -0.3 is 5.32 Å². The van der Waals surface area contributed by atoms with Gasteiger partial charge in [-0.2, -0.15) is 0 Å². The van der Waals surface area contributed by atoms with E-state index in [0.29, 0.717) is 24.5 Å². The standard InChI is InChI=1S/C16H25ClN2O3S/c1-13(2)12-19(23(3,21)22)10-8-16(20)18-9-7-14-5-4-6-15(17)11-14/h4-6,11,13H,7-10,12H2,1-3H3,(H,18,20). The van der Waals surface area contributed by atoms with E-state index in [1.165, 1.54) is 10.6 Å². The molecule has 0 saturated carbocycles. The van der Waals surface area contributed by atoms with Gasteiger partial charge in [0.15, 0.2) is 0 Å². The zero-order chi connectivity index (χ0) is 17.5. The molecule has 1 aromatic carbocycles. The molecule has 1 rings (SSSR count). The first-order valence-electron chi connectivity index (χ1n) is 7.64. The van der Waals surface area contributed by atoms with Gasteiger partial charge in [0.1, 0.15) is 0 Å². The molecule has 1 aromatic rings. The summed E-state index contributed by atoms with van der Waals surface area (Å²) in [4.78, 5) is 11.9. The summed E-state index contributed by atoms with van der Waals surface area (Å²) in [6, 6.07) is 7.49. The Bertz CT molecular complexity index is 618. The van der Waals surface area contributed by atoms with Crippen molar-refractivity contribution >= 4 is 27.5 Å². The van der Waals surface area contributed by atoms with Crippen LogP contribution in [-0.2, 0) is 21.2 Å². The van der Waals surface area contributed by atoms with E-state index in [4.69, 9.17) is 11.6 Å². The minimum atomic E-state index is -3.29. The molecule has 0 unspecified atom stereocenters. The summed E-state index contributed by atoms with van der Waals surface area (Å²) in [7, 11) is -3.29. The predicted molar refractivity (Wildman–Crippen MR) is 94.0 cm³/mol. The minimum absolute atomic E-state index is 0.149. The van der Waals surface area contributed by atoms with Crippen LogP contribution in [0.2, 0.25) is 5.02 Å². The highest BCUT2D eigenvalue weighted by atomic mass is 35.5. The quantitative estimate of drug-likeness (QED) is 0.734.